The van der Waals surface area contributed by atoms with E-state index in [4.69, 9.17) is 4.74 Å². The minimum absolute atomic E-state index is 0.195. The lowest BCUT2D eigenvalue weighted by Gasteiger charge is -2.46. The molecule has 0 N–H and O–H groups in total. The molecule has 2 saturated carbocycles. The van der Waals surface area contributed by atoms with Crippen LogP contribution in [0.3, 0.4) is 0 Å². The highest BCUT2D eigenvalue weighted by Gasteiger charge is 2.48. The van der Waals surface area contributed by atoms with Gasteiger partial charge in [-0.3, -0.25) is 4.79 Å². The van der Waals surface area contributed by atoms with Gasteiger partial charge in [-0.05, 0) is 56.1 Å². The number of ether oxygens (including phenoxy) is 1. The first-order chi connectivity index (χ1) is 9.71. The number of carbonyl (C=O) groups excluding carboxylic acids is 1. The molecule has 1 heterocycles. The second-order valence-corrected chi connectivity index (χ2v) is 7.09. The lowest BCUT2D eigenvalue weighted by Crippen LogP contribution is -2.46. The highest BCUT2D eigenvalue weighted by Crippen LogP contribution is 2.54. The van der Waals surface area contributed by atoms with Crippen molar-refractivity contribution in [3.8, 4) is 5.75 Å². The summed E-state index contributed by atoms with van der Waals surface area (Å²) in [7, 11) is 0. The van der Waals surface area contributed by atoms with E-state index in [0.717, 1.165) is 24.2 Å². The van der Waals surface area contributed by atoms with Crippen molar-refractivity contribution in [3.05, 3.63) is 29.8 Å². The van der Waals surface area contributed by atoms with Gasteiger partial charge in [0.05, 0.1) is 12.0 Å². The number of ketones is 1. The van der Waals surface area contributed by atoms with Gasteiger partial charge in [0, 0.05) is 0 Å². The Bertz CT molecular complexity index is 530. The van der Waals surface area contributed by atoms with Gasteiger partial charge in [-0.2, -0.15) is 0 Å². The lowest BCUT2D eigenvalue weighted by atomic mass is 9.66. The third-order valence-corrected chi connectivity index (χ3v) is 5.88. The smallest absolute Gasteiger partial charge is 0.170 e. The highest BCUT2D eigenvalue weighted by molar-refractivity contribution is 6.00. The van der Waals surface area contributed by atoms with Gasteiger partial charge in [-0.1, -0.05) is 25.0 Å². The minimum Gasteiger partial charge on any atom is -0.486 e. The van der Waals surface area contributed by atoms with Crippen molar-refractivity contribution in [2.45, 2.75) is 63.4 Å². The van der Waals surface area contributed by atoms with E-state index in [9.17, 15) is 4.79 Å². The maximum atomic E-state index is 12.4. The van der Waals surface area contributed by atoms with Crippen molar-refractivity contribution in [2.24, 2.45) is 5.41 Å². The lowest BCUT2D eigenvalue weighted by molar-refractivity contribution is -0.0199. The van der Waals surface area contributed by atoms with Gasteiger partial charge in [-0.15, -0.1) is 0 Å². The molecule has 0 atom stereocenters. The van der Waals surface area contributed by atoms with Crippen LogP contribution < -0.4 is 4.74 Å². The number of hydrogen-bond acceptors (Lipinski definition) is 2. The molecule has 0 saturated heterocycles. The average Bonchev–Trinajstić information content (AvgIpc) is 2.92. The van der Waals surface area contributed by atoms with Gasteiger partial charge in [0.15, 0.2) is 5.78 Å². The van der Waals surface area contributed by atoms with Crippen molar-refractivity contribution in [2.75, 3.05) is 0 Å². The predicted molar refractivity (Wildman–Crippen MR) is 78.1 cm³/mol. The van der Waals surface area contributed by atoms with Gasteiger partial charge >= 0.3 is 0 Å². The Morgan fingerprint density at radius 2 is 1.60 bits per heavy atom. The van der Waals surface area contributed by atoms with Crippen LogP contribution in [-0.4, -0.2) is 11.4 Å². The third kappa shape index (κ3) is 1.88. The van der Waals surface area contributed by atoms with Crippen molar-refractivity contribution >= 4 is 5.78 Å². The van der Waals surface area contributed by atoms with E-state index in [-0.39, 0.29) is 11.4 Å². The average molecular weight is 270 g/mol. The minimum atomic E-state index is -0.195. The number of carbonyl (C=O) groups is 1. The van der Waals surface area contributed by atoms with E-state index < -0.39 is 0 Å². The second-order valence-electron chi connectivity index (χ2n) is 7.09. The van der Waals surface area contributed by atoms with Crippen LogP contribution in [0.25, 0.3) is 0 Å². The van der Waals surface area contributed by atoms with Crippen LogP contribution in [0.2, 0.25) is 0 Å². The van der Waals surface area contributed by atoms with E-state index in [2.05, 4.69) is 0 Å². The Morgan fingerprint density at radius 1 is 0.900 bits per heavy atom. The van der Waals surface area contributed by atoms with Gasteiger partial charge < -0.3 is 4.74 Å². The standard InChI is InChI=1S/C18H22O2/c19-15-13-18(20-16-6-2-1-5-14(15)16)11-9-17(10-12-18)7-3-4-8-17/h1-2,5-6H,3-4,7-13H2. The summed E-state index contributed by atoms with van der Waals surface area (Å²) in [5.41, 5.74) is 1.17. The number of fused-ring (bicyclic) bond motifs is 1. The predicted octanol–water partition coefficient (Wildman–Crippen LogP) is 4.53. The molecule has 1 aromatic carbocycles. The number of rotatable bonds is 0. The van der Waals surface area contributed by atoms with E-state index in [1.54, 1.807) is 0 Å². The highest BCUT2D eigenvalue weighted by atomic mass is 16.5. The van der Waals surface area contributed by atoms with Crippen molar-refractivity contribution < 1.29 is 9.53 Å². The normalized spacial score (nSPS) is 26.5. The van der Waals surface area contributed by atoms with Crippen LogP contribution in [0.15, 0.2) is 24.3 Å². The topological polar surface area (TPSA) is 26.3 Å². The summed E-state index contributed by atoms with van der Waals surface area (Å²) >= 11 is 0. The van der Waals surface area contributed by atoms with Crippen molar-refractivity contribution in [3.63, 3.8) is 0 Å². The molecule has 2 aliphatic carbocycles. The number of benzene rings is 1. The molecule has 20 heavy (non-hydrogen) atoms. The molecule has 1 aromatic rings. The number of para-hydroxylation sites is 1. The van der Waals surface area contributed by atoms with Crippen LogP contribution in [0, 0.1) is 5.41 Å². The van der Waals surface area contributed by atoms with E-state index >= 15 is 0 Å². The van der Waals surface area contributed by atoms with Crippen molar-refractivity contribution in [1.82, 2.24) is 0 Å². The summed E-state index contributed by atoms with van der Waals surface area (Å²) in [4.78, 5) is 12.4. The maximum Gasteiger partial charge on any atom is 0.170 e. The Morgan fingerprint density at radius 3 is 2.35 bits per heavy atom. The van der Waals surface area contributed by atoms with Crippen LogP contribution in [-0.2, 0) is 0 Å². The molecule has 0 aromatic heterocycles. The summed E-state index contributed by atoms with van der Waals surface area (Å²) in [5, 5.41) is 0. The first kappa shape index (κ1) is 12.4. The van der Waals surface area contributed by atoms with E-state index in [0.29, 0.717) is 11.8 Å². The Balaban J connectivity index is 1.57. The summed E-state index contributed by atoms with van der Waals surface area (Å²) < 4.78 is 6.31. The number of hydrogen-bond donors (Lipinski definition) is 0. The Kier molecular flexibility index (Phi) is 2.70. The molecule has 4 rings (SSSR count). The van der Waals surface area contributed by atoms with E-state index in [1.165, 1.54) is 38.5 Å². The van der Waals surface area contributed by atoms with Gasteiger partial charge in [-0.25, -0.2) is 0 Å². The fraction of sp³-hybridized carbons (Fsp3) is 0.611. The molecular formula is C18H22O2. The summed E-state index contributed by atoms with van der Waals surface area (Å²) in [6, 6.07) is 7.73. The molecule has 2 nitrogen and oxygen atoms in total. The first-order valence-electron chi connectivity index (χ1n) is 8.02. The molecule has 0 bridgehead atoms. The van der Waals surface area contributed by atoms with Gasteiger partial charge in [0.25, 0.3) is 0 Å². The van der Waals surface area contributed by atoms with Crippen LogP contribution >= 0.6 is 0 Å². The molecule has 3 aliphatic rings. The second kappa shape index (κ2) is 4.34. The van der Waals surface area contributed by atoms with Gasteiger partial charge in [0.2, 0.25) is 0 Å². The molecule has 0 unspecified atom stereocenters. The van der Waals surface area contributed by atoms with Crippen LogP contribution in [0.4, 0.5) is 0 Å². The first-order valence-corrected chi connectivity index (χ1v) is 8.02. The molecule has 2 fully saturated rings. The summed E-state index contributed by atoms with van der Waals surface area (Å²) in [6.45, 7) is 0. The fourth-order valence-corrected chi connectivity index (χ4v) is 4.58. The Labute approximate surface area is 120 Å². The van der Waals surface area contributed by atoms with E-state index in [1.807, 2.05) is 24.3 Å². The van der Waals surface area contributed by atoms with Gasteiger partial charge in [0.1, 0.15) is 11.4 Å². The molecule has 0 amide bonds. The molecule has 106 valence electrons. The third-order valence-electron chi connectivity index (χ3n) is 5.88. The molecule has 2 heteroatoms. The van der Waals surface area contributed by atoms with Crippen molar-refractivity contribution in [1.29, 1.82) is 0 Å². The molecule has 1 aliphatic heterocycles. The maximum absolute atomic E-state index is 12.4. The monoisotopic (exact) mass is 270 g/mol. The molecule has 2 spiro atoms. The molecule has 0 radical (unpaired) electrons. The quantitative estimate of drug-likeness (QED) is 0.692. The zero-order valence-corrected chi connectivity index (χ0v) is 12.0. The SMILES string of the molecule is O=C1CC2(CCC3(CCCC3)CC2)Oc2ccccc21. The molecular weight excluding hydrogens is 248 g/mol. The Hall–Kier alpha value is -1.31. The van der Waals surface area contributed by atoms with Crippen LogP contribution in [0.5, 0.6) is 5.75 Å². The summed E-state index contributed by atoms with van der Waals surface area (Å²) in [6.07, 6.45) is 10.8. The van der Waals surface area contributed by atoms with Crippen LogP contribution in [0.1, 0.15) is 68.1 Å². The number of Topliss-reactive ketones (excluding diaryl/α,β-unsaturated/α-hetero) is 1. The summed E-state index contributed by atoms with van der Waals surface area (Å²) in [5.74, 6) is 1.08. The zero-order chi connectivity index (χ0) is 13.6. The largest absolute Gasteiger partial charge is 0.486 e. The zero-order valence-electron chi connectivity index (χ0n) is 12.0. The fourth-order valence-electron chi connectivity index (χ4n) is 4.58.